The largest absolute Gasteiger partial charge is 1.00 e. The summed E-state index contributed by atoms with van der Waals surface area (Å²) in [6.07, 6.45) is 48.1. The summed E-state index contributed by atoms with van der Waals surface area (Å²) < 4.78 is 76.4. The smallest absolute Gasteiger partial charge is 0.756 e. The van der Waals surface area contributed by atoms with E-state index in [4.69, 9.17) is 47.1 Å². The molecule has 1 aliphatic heterocycles. The first kappa shape index (κ1) is 99.1. The van der Waals surface area contributed by atoms with Crippen LogP contribution in [-0.4, -0.2) is 117 Å². The van der Waals surface area contributed by atoms with E-state index in [0.29, 0.717) is 19.3 Å². The number of carbonyl (C=O) groups excluding carboxylic acids is 4. The van der Waals surface area contributed by atoms with Gasteiger partial charge in [-0.1, -0.05) is 285 Å². The van der Waals surface area contributed by atoms with Crippen LogP contribution in [0.15, 0.2) is 0 Å². The van der Waals surface area contributed by atoms with E-state index < -0.39 is 96.2 Å². The molecule has 6 atom stereocenters. The molecule has 20 nitrogen and oxygen atoms in total. The summed E-state index contributed by atoms with van der Waals surface area (Å²) in [6.45, 7) is 9.23. The van der Waals surface area contributed by atoms with E-state index in [1.54, 1.807) is 13.8 Å². The summed E-state index contributed by atoms with van der Waals surface area (Å²) in [5.74, 6) is -2.64. The van der Waals surface area contributed by atoms with Crippen molar-refractivity contribution in [2.24, 2.45) is 0 Å². The van der Waals surface area contributed by atoms with Crippen LogP contribution in [0, 0.1) is 0 Å². The molecule has 0 aromatic carbocycles. The van der Waals surface area contributed by atoms with E-state index in [9.17, 15) is 43.2 Å². The van der Waals surface area contributed by atoms with E-state index in [0.717, 1.165) is 77.0 Å². The Balaban J connectivity index is -0.00000175. The number of unbranched alkanes of at least 4 members (excludes halogenated alkanes) is 40. The Morgan fingerprint density at radius 1 is 0.411 bits per heavy atom. The molecule has 0 saturated carbocycles. The fraction of sp³-hybridized carbons (Fsp3) is 0.944. The maximum absolute atomic E-state index is 12.6. The van der Waals surface area contributed by atoms with Gasteiger partial charge in [-0.25, -0.2) is 0 Å². The van der Waals surface area contributed by atoms with Crippen LogP contribution in [0.4, 0.5) is 0 Å². The number of hydrogen-bond donors (Lipinski definition) is 2. The summed E-state index contributed by atoms with van der Waals surface area (Å²) in [4.78, 5) is 74.2. The summed E-state index contributed by atoms with van der Waals surface area (Å²) >= 11 is 0. The van der Waals surface area contributed by atoms with Crippen molar-refractivity contribution in [3.05, 3.63) is 0 Å². The molecule has 0 bridgehead atoms. The van der Waals surface area contributed by atoms with Gasteiger partial charge in [0, 0.05) is 25.7 Å². The minimum atomic E-state index is -4.85. The molecule has 0 radical (unpaired) electrons. The van der Waals surface area contributed by atoms with Crippen molar-refractivity contribution in [3.63, 3.8) is 0 Å². The van der Waals surface area contributed by atoms with Crippen LogP contribution >= 0.6 is 15.6 Å². The van der Waals surface area contributed by atoms with Crippen molar-refractivity contribution in [3.8, 4) is 0 Å². The molecule has 2 N–H and O–H groups in total. The zero-order valence-corrected chi connectivity index (χ0v) is 67.3. The molecule has 95 heavy (non-hydrogen) atoms. The molecule has 552 valence electrons. The van der Waals surface area contributed by atoms with Crippen molar-refractivity contribution in [2.75, 3.05) is 52.9 Å². The molecule has 1 fully saturated rings. The predicted molar refractivity (Wildman–Crippen MR) is 363 cm³/mol. The van der Waals surface area contributed by atoms with Crippen LogP contribution in [0.1, 0.15) is 350 Å². The van der Waals surface area contributed by atoms with E-state index >= 15 is 0 Å². The molecule has 0 aliphatic carbocycles. The average molecular weight is 1420 g/mol. The molecular weight excluding hydrogens is 1280 g/mol. The number of hydrogen-bond acceptors (Lipinski definition) is 20. The minimum absolute atomic E-state index is 0. The molecule has 0 amide bonds. The molecule has 0 aromatic rings. The van der Waals surface area contributed by atoms with Crippen LogP contribution in [0.2, 0.25) is 0 Å². The maximum Gasteiger partial charge on any atom is 1.00 e. The molecule has 1 heterocycles. The molecule has 1 rings (SSSR count). The molecule has 24 heteroatoms. The predicted octanol–water partition coefficient (Wildman–Crippen LogP) is 11.2. The third kappa shape index (κ3) is 69.4. The topological polar surface area (TPSA) is 281 Å². The molecule has 0 spiro atoms. The fourth-order valence-electron chi connectivity index (χ4n) is 10.6. The monoisotopic (exact) mass is 1420 g/mol. The average Bonchev–Trinajstić information content (AvgIpc) is 1.87. The van der Waals surface area contributed by atoms with E-state index in [1.165, 1.54) is 186 Å². The Morgan fingerprint density at radius 2 is 0.663 bits per heavy atom. The first-order valence-corrected chi connectivity index (χ1v) is 40.2. The number of carbonyl (C=O) groups is 4. The first-order chi connectivity index (χ1) is 44.8. The van der Waals surface area contributed by atoms with Crippen molar-refractivity contribution in [2.45, 2.75) is 380 Å². The zero-order chi connectivity index (χ0) is 68.8. The van der Waals surface area contributed by atoms with E-state index in [-0.39, 0.29) is 111 Å². The van der Waals surface area contributed by atoms with Gasteiger partial charge < -0.3 is 66.5 Å². The SMILES string of the molecule is CCCCCCCCCCCCCC(=O)OC[C@H](COP(=O)([O-])OCC(O)CO)OC(=O)CCCCCCCCCCCCC.CCCCCCCCCCCCCC(=O)OC[C@H](COP(=O)([O-])OCC1COC(C)(C)O1)OC(=O)CCCCCCCCCCCCC.[Na+].[Na+]. The molecule has 1 saturated heterocycles. The minimum Gasteiger partial charge on any atom is -0.756 e. The number of aliphatic hydroxyl groups excluding tert-OH is 2. The van der Waals surface area contributed by atoms with Gasteiger partial charge in [0.2, 0.25) is 0 Å². The Labute approximate surface area is 621 Å². The molecule has 0 aromatic heterocycles. The number of ether oxygens (including phenoxy) is 6. The van der Waals surface area contributed by atoms with Crippen molar-refractivity contribution < 1.29 is 154 Å². The third-order valence-electron chi connectivity index (χ3n) is 16.4. The second-order valence-electron chi connectivity index (χ2n) is 26.1. The van der Waals surface area contributed by atoms with Crippen LogP contribution in [-0.2, 0) is 74.8 Å². The molecule has 1 aliphatic rings. The van der Waals surface area contributed by atoms with Gasteiger partial charge in [0.25, 0.3) is 15.6 Å². The number of phosphoric acid groups is 2. The van der Waals surface area contributed by atoms with Gasteiger partial charge >= 0.3 is 83.0 Å². The number of rotatable bonds is 67. The van der Waals surface area contributed by atoms with Crippen LogP contribution in [0.3, 0.4) is 0 Å². The van der Waals surface area contributed by atoms with Crippen LogP contribution in [0.25, 0.3) is 0 Å². The fourth-order valence-corrected chi connectivity index (χ4v) is 12.2. The number of phosphoric ester groups is 2. The summed E-state index contributed by atoms with van der Waals surface area (Å²) in [7, 11) is -9.58. The third-order valence-corrected chi connectivity index (χ3v) is 18.2. The second kappa shape index (κ2) is 69.6. The summed E-state index contributed by atoms with van der Waals surface area (Å²) in [6, 6.07) is 0. The van der Waals surface area contributed by atoms with Gasteiger partial charge in [0.1, 0.15) is 25.4 Å². The maximum atomic E-state index is 12.6. The van der Waals surface area contributed by atoms with E-state index in [2.05, 4.69) is 32.2 Å². The quantitative estimate of drug-likeness (QED) is 0.0188. The first-order valence-electron chi connectivity index (χ1n) is 37.3. The normalized spacial score (nSPS) is 15.6. The van der Waals surface area contributed by atoms with Crippen molar-refractivity contribution in [1.29, 1.82) is 0 Å². The van der Waals surface area contributed by atoms with Crippen molar-refractivity contribution in [1.82, 2.24) is 0 Å². The van der Waals surface area contributed by atoms with Gasteiger partial charge in [-0.15, -0.1) is 0 Å². The summed E-state index contributed by atoms with van der Waals surface area (Å²) in [5.41, 5.74) is 0. The Kier molecular flexibility index (Phi) is 72.7. The van der Waals surface area contributed by atoms with Gasteiger partial charge in [0.15, 0.2) is 18.0 Å². The molecule has 4 unspecified atom stereocenters. The van der Waals surface area contributed by atoms with Gasteiger partial charge in [-0.2, -0.15) is 0 Å². The summed E-state index contributed by atoms with van der Waals surface area (Å²) in [5, 5.41) is 18.2. The van der Waals surface area contributed by atoms with Crippen molar-refractivity contribution >= 4 is 39.5 Å². The molecular formula is C71H136Na2O20P2. The van der Waals surface area contributed by atoms with Gasteiger partial charge in [-0.3, -0.25) is 28.3 Å². The Morgan fingerprint density at radius 3 is 0.926 bits per heavy atom. The number of esters is 4. The van der Waals surface area contributed by atoms with E-state index in [1.807, 2.05) is 0 Å². The van der Waals surface area contributed by atoms with Crippen LogP contribution in [0.5, 0.6) is 0 Å². The second-order valence-corrected chi connectivity index (χ2v) is 28.9. The Bertz CT molecular complexity index is 1860. The number of aliphatic hydroxyl groups is 2. The standard InChI is InChI=1S/C37H71O10P.C34H67O10P.2Na/c1-5-7-9-11-13-15-17-19-21-23-25-27-35(38)42-29-33(31-44-48(40,41)45-32-34-30-43-37(3,4)47-34)46-36(39)28-26-24-22-20-18-16-14-12-10-8-6-2;1-3-5-7-9-11-13-15-17-19-21-23-25-33(37)41-29-32(30-43-45(39,40)42-28-31(36)27-35)44-34(38)26-24-22-20-18-16-14-12-10-8-6-4-2;;/h33-34H,5-32H2,1-4H3,(H,40,41);31-32,35-36H,3-30H2,1-2H3,(H,39,40);;/q;;2*+1/p-2/t33-,34?;31?,32-;;/m11../s1. The van der Waals surface area contributed by atoms with Crippen LogP contribution < -0.4 is 68.9 Å². The Hall–Kier alpha value is -0.0600. The zero-order valence-electron chi connectivity index (χ0n) is 61.5. The van der Waals surface area contributed by atoms with Gasteiger partial charge in [0.05, 0.1) is 39.6 Å². The van der Waals surface area contributed by atoms with Gasteiger partial charge in [-0.05, 0) is 39.5 Å².